The maximum absolute atomic E-state index is 11.3. The van der Waals surface area contributed by atoms with Crippen molar-refractivity contribution in [1.29, 1.82) is 0 Å². The molecule has 0 aromatic heterocycles. The van der Waals surface area contributed by atoms with Crippen LogP contribution in [-0.4, -0.2) is 18.8 Å². The highest BCUT2D eigenvalue weighted by molar-refractivity contribution is 6.31. The highest BCUT2D eigenvalue weighted by Gasteiger charge is 2.13. The van der Waals surface area contributed by atoms with Crippen molar-refractivity contribution in [2.45, 2.75) is 0 Å². The summed E-state index contributed by atoms with van der Waals surface area (Å²) in [5, 5.41) is 0. The Hall–Kier alpha value is -1.42. The molecule has 14 heavy (non-hydrogen) atoms. The van der Waals surface area contributed by atoms with Gasteiger partial charge in [0.25, 0.3) is 0 Å². The molecule has 4 nitrogen and oxygen atoms in total. The van der Waals surface area contributed by atoms with E-state index in [2.05, 4.69) is 0 Å². The molecule has 0 atom stereocenters. The largest absolute Gasteiger partial charge is 0.497 e. The number of hydrogen-bond donors (Lipinski definition) is 2. The number of ketones is 1. The molecule has 0 saturated carbocycles. The van der Waals surface area contributed by atoms with Gasteiger partial charge in [0.15, 0.2) is 5.78 Å². The molecule has 0 spiro atoms. The number of nitrogens with two attached hydrogens (primary N) is 2. The maximum atomic E-state index is 11.3. The molecule has 1 rings (SSSR count). The highest BCUT2D eigenvalue weighted by atomic mass is 35.5. The third kappa shape index (κ3) is 1.90. The van der Waals surface area contributed by atoms with Crippen molar-refractivity contribution in [2.75, 3.05) is 24.5 Å². The Morgan fingerprint density at radius 2 is 1.93 bits per heavy atom. The first kappa shape index (κ1) is 10.7. The van der Waals surface area contributed by atoms with Crippen LogP contribution in [-0.2, 0) is 0 Å². The van der Waals surface area contributed by atoms with Crippen molar-refractivity contribution in [1.82, 2.24) is 0 Å². The molecule has 0 aliphatic carbocycles. The van der Waals surface area contributed by atoms with E-state index < -0.39 is 0 Å². The van der Waals surface area contributed by atoms with E-state index in [-0.39, 0.29) is 28.6 Å². The van der Waals surface area contributed by atoms with Crippen LogP contribution in [0.2, 0.25) is 0 Å². The number of carbonyl (C=O) groups is 1. The second kappa shape index (κ2) is 4.19. The average molecular weight is 215 g/mol. The lowest BCUT2D eigenvalue weighted by atomic mass is 10.1. The first-order valence-electron chi connectivity index (χ1n) is 3.92. The van der Waals surface area contributed by atoms with Crippen LogP contribution in [0, 0.1) is 0 Å². The van der Waals surface area contributed by atoms with Gasteiger partial charge in [-0.3, -0.25) is 4.79 Å². The number of alkyl halides is 1. The predicted molar refractivity (Wildman–Crippen MR) is 56.9 cm³/mol. The number of carbonyl (C=O) groups excluding carboxylic acids is 1. The van der Waals surface area contributed by atoms with E-state index in [0.717, 1.165) is 0 Å². The molecule has 0 heterocycles. The van der Waals surface area contributed by atoms with Crippen LogP contribution < -0.4 is 16.2 Å². The number of nitrogen functional groups attached to an aromatic ring is 2. The van der Waals surface area contributed by atoms with Crippen LogP contribution in [0.5, 0.6) is 5.75 Å². The Balaban J connectivity index is 3.25. The summed E-state index contributed by atoms with van der Waals surface area (Å²) in [6, 6.07) is 3.08. The van der Waals surface area contributed by atoms with E-state index in [1.807, 2.05) is 0 Å². The monoisotopic (exact) mass is 214 g/mol. The van der Waals surface area contributed by atoms with E-state index in [4.69, 9.17) is 27.8 Å². The van der Waals surface area contributed by atoms with E-state index in [9.17, 15) is 4.79 Å². The number of benzene rings is 1. The predicted octanol–water partition coefficient (Wildman–Crippen LogP) is 1.28. The fraction of sp³-hybridized carbons (Fsp3) is 0.222. The molecule has 0 fully saturated rings. The third-order valence-corrected chi connectivity index (χ3v) is 2.05. The van der Waals surface area contributed by atoms with Crippen LogP contribution in [0.4, 0.5) is 11.4 Å². The van der Waals surface area contributed by atoms with Crippen molar-refractivity contribution < 1.29 is 9.53 Å². The van der Waals surface area contributed by atoms with Crippen molar-refractivity contribution in [3.63, 3.8) is 0 Å². The Kier molecular flexibility index (Phi) is 3.19. The quantitative estimate of drug-likeness (QED) is 0.451. The topological polar surface area (TPSA) is 78.3 Å². The summed E-state index contributed by atoms with van der Waals surface area (Å²) in [6.07, 6.45) is 0. The number of halogens is 1. The SMILES string of the molecule is COc1cc(N)c(C(=O)CCl)c(N)c1. The van der Waals surface area contributed by atoms with Crippen LogP contribution in [0.25, 0.3) is 0 Å². The zero-order valence-corrected chi connectivity index (χ0v) is 8.47. The van der Waals surface area contributed by atoms with Crippen molar-refractivity contribution in [3.05, 3.63) is 17.7 Å². The summed E-state index contributed by atoms with van der Waals surface area (Å²) >= 11 is 5.41. The molecule has 0 saturated heterocycles. The van der Waals surface area contributed by atoms with Crippen molar-refractivity contribution >= 4 is 28.8 Å². The van der Waals surface area contributed by atoms with Gasteiger partial charge in [-0.05, 0) is 0 Å². The molecule has 0 amide bonds. The summed E-state index contributed by atoms with van der Waals surface area (Å²) < 4.78 is 4.94. The Labute approximate surface area is 86.8 Å². The van der Waals surface area contributed by atoms with Gasteiger partial charge >= 0.3 is 0 Å². The summed E-state index contributed by atoms with van der Waals surface area (Å²) in [5.74, 6) is 0.0937. The first-order chi connectivity index (χ1) is 6.60. The van der Waals surface area contributed by atoms with Crippen LogP contribution in [0.1, 0.15) is 10.4 Å². The zero-order chi connectivity index (χ0) is 10.7. The summed E-state index contributed by atoms with van der Waals surface area (Å²) in [5.41, 5.74) is 12.1. The van der Waals surface area contributed by atoms with Crippen LogP contribution >= 0.6 is 11.6 Å². The second-order valence-electron chi connectivity index (χ2n) is 2.74. The molecular formula is C9H11ClN2O2. The van der Waals surface area contributed by atoms with E-state index >= 15 is 0 Å². The van der Waals surface area contributed by atoms with Crippen LogP contribution in [0.3, 0.4) is 0 Å². The first-order valence-corrected chi connectivity index (χ1v) is 4.45. The number of ether oxygens (including phenoxy) is 1. The van der Waals surface area contributed by atoms with Gasteiger partial charge in [0.2, 0.25) is 0 Å². The molecule has 0 aliphatic rings. The molecule has 76 valence electrons. The van der Waals surface area contributed by atoms with Gasteiger partial charge in [-0.2, -0.15) is 0 Å². The Morgan fingerprint density at radius 1 is 1.43 bits per heavy atom. The van der Waals surface area contributed by atoms with E-state index in [1.165, 1.54) is 19.2 Å². The zero-order valence-electron chi connectivity index (χ0n) is 7.71. The number of anilines is 2. The molecule has 0 unspecified atom stereocenters. The summed E-state index contributed by atoms with van der Waals surface area (Å²) in [6.45, 7) is 0. The second-order valence-corrected chi connectivity index (χ2v) is 3.00. The highest BCUT2D eigenvalue weighted by Crippen LogP contribution is 2.27. The fourth-order valence-electron chi connectivity index (χ4n) is 1.17. The lowest BCUT2D eigenvalue weighted by molar-refractivity contribution is 0.102. The van der Waals surface area contributed by atoms with Crippen molar-refractivity contribution in [2.24, 2.45) is 0 Å². The van der Waals surface area contributed by atoms with E-state index in [1.54, 1.807) is 0 Å². The Bertz CT molecular complexity index is 343. The van der Waals surface area contributed by atoms with Gasteiger partial charge in [0, 0.05) is 23.5 Å². The lowest BCUT2D eigenvalue weighted by Crippen LogP contribution is -2.09. The fourth-order valence-corrected chi connectivity index (χ4v) is 1.30. The standard InChI is InChI=1S/C9H11ClN2O2/c1-14-5-2-6(11)9(7(12)3-5)8(13)4-10/h2-3H,4,11-12H2,1H3. The van der Waals surface area contributed by atoms with Gasteiger partial charge in [0.05, 0.1) is 18.6 Å². The summed E-state index contributed by atoms with van der Waals surface area (Å²) in [4.78, 5) is 11.3. The molecule has 0 radical (unpaired) electrons. The molecule has 1 aromatic rings. The number of rotatable bonds is 3. The van der Waals surface area contributed by atoms with Crippen LogP contribution in [0.15, 0.2) is 12.1 Å². The minimum absolute atomic E-state index is 0.138. The lowest BCUT2D eigenvalue weighted by Gasteiger charge is -2.09. The number of Topliss-reactive ketones (excluding diaryl/α,β-unsaturated/α-hetero) is 1. The molecule has 1 aromatic carbocycles. The molecule has 0 aliphatic heterocycles. The maximum Gasteiger partial charge on any atom is 0.181 e. The summed E-state index contributed by atoms with van der Waals surface area (Å²) in [7, 11) is 1.50. The molecule has 5 heteroatoms. The average Bonchev–Trinajstić information content (AvgIpc) is 2.16. The van der Waals surface area contributed by atoms with Gasteiger partial charge in [-0.25, -0.2) is 0 Å². The van der Waals surface area contributed by atoms with Crippen molar-refractivity contribution in [3.8, 4) is 5.75 Å². The number of methoxy groups -OCH3 is 1. The third-order valence-electron chi connectivity index (χ3n) is 1.81. The normalized spacial score (nSPS) is 9.86. The van der Waals surface area contributed by atoms with Gasteiger partial charge in [-0.1, -0.05) is 0 Å². The molecule has 0 bridgehead atoms. The Morgan fingerprint density at radius 3 is 2.29 bits per heavy atom. The molecule has 4 N–H and O–H groups in total. The van der Waals surface area contributed by atoms with Gasteiger partial charge in [-0.15, -0.1) is 11.6 Å². The van der Waals surface area contributed by atoms with Gasteiger partial charge in [0.1, 0.15) is 5.75 Å². The van der Waals surface area contributed by atoms with Gasteiger partial charge < -0.3 is 16.2 Å². The smallest absolute Gasteiger partial charge is 0.181 e. The minimum Gasteiger partial charge on any atom is -0.497 e. The van der Waals surface area contributed by atoms with E-state index in [0.29, 0.717) is 5.75 Å². The number of hydrogen-bond acceptors (Lipinski definition) is 4. The molecular weight excluding hydrogens is 204 g/mol. The minimum atomic E-state index is -0.288.